The lowest BCUT2D eigenvalue weighted by atomic mass is 10.2. The van der Waals surface area contributed by atoms with Gasteiger partial charge in [-0.1, -0.05) is 42.1 Å². The summed E-state index contributed by atoms with van der Waals surface area (Å²) in [5, 5.41) is 0. The van der Waals surface area contributed by atoms with Crippen molar-refractivity contribution in [1.82, 2.24) is 0 Å². The number of nitrogens with two attached hydrogens (primary N) is 1. The Kier molecular flexibility index (Phi) is 3.20. The molecular weight excluding hydrogens is 214 g/mol. The monoisotopic (exact) mass is 229 g/mol. The molecule has 0 spiro atoms. The van der Waals surface area contributed by atoms with Crippen LogP contribution in [0.3, 0.4) is 0 Å². The Morgan fingerprint density at radius 1 is 0.875 bits per heavy atom. The van der Waals surface area contributed by atoms with Gasteiger partial charge in [0.15, 0.2) is 0 Å². The fourth-order valence-corrected chi connectivity index (χ4v) is 2.61. The highest BCUT2D eigenvalue weighted by molar-refractivity contribution is 7.99. The first-order chi connectivity index (χ1) is 7.68. The number of anilines is 1. The molecule has 0 saturated heterocycles. The van der Waals surface area contributed by atoms with Crippen molar-refractivity contribution in [2.24, 2.45) is 0 Å². The van der Waals surface area contributed by atoms with Gasteiger partial charge in [-0.2, -0.15) is 0 Å². The number of nitrogen functional groups attached to an aromatic ring is 1. The lowest BCUT2D eigenvalue weighted by molar-refractivity contribution is 1.27. The van der Waals surface area contributed by atoms with Crippen LogP contribution >= 0.6 is 11.8 Å². The largest absolute Gasteiger partial charge is 0.398 e. The molecule has 2 N–H and O–H groups in total. The van der Waals surface area contributed by atoms with Crippen molar-refractivity contribution in [3.05, 3.63) is 53.6 Å². The summed E-state index contributed by atoms with van der Waals surface area (Å²) in [4.78, 5) is 2.43. The second-order valence-electron chi connectivity index (χ2n) is 3.86. The maximum atomic E-state index is 6.00. The summed E-state index contributed by atoms with van der Waals surface area (Å²) < 4.78 is 0. The number of hydrogen-bond acceptors (Lipinski definition) is 2. The summed E-state index contributed by atoms with van der Waals surface area (Å²) in [6, 6.07) is 14.4. The topological polar surface area (TPSA) is 26.0 Å². The minimum Gasteiger partial charge on any atom is -0.398 e. The molecule has 2 aromatic carbocycles. The Morgan fingerprint density at radius 2 is 1.56 bits per heavy atom. The highest BCUT2D eigenvalue weighted by Gasteiger charge is 2.06. The summed E-state index contributed by atoms with van der Waals surface area (Å²) in [5.74, 6) is 0. The zero-order chi connectivity index (χ0) is 11.5. The first-order valence-corrected chi connectivity index (χ1v) is 6.08. The molecule has 0 amide bonds. The van der Waals surface area contributed by atoms with Crippen molar-refractivity contribution in [3.63, 3.8) is 0 Å². The van der Waals surface area contributed by atoms with Gasteiger partial charge in [0.05, 0.1) is 0 Å². The van der Waals surface area contributed by atoms with Crippen LogP contribution in [0, 0.1) is 13.8 Å². The van der Waals surface area contributed by atoms with E-state index in [1.165, 1.54) is 16.0 Å². The van der Waals surface area contributed by atoms with E-state index in [1.54, 1.807) is 11.8 Å². The third kappa shape index (κ3) is 2.22. The molecule has 0 bridgehead atoms. The first-order valence-electron chi connectivity index (χ1n) is 5.27. The van der Waals surface area contributed by atoms with Crippen molar-refractivity contribution in [2.75, 3.05) is 5.73 Å². The standard InChI is InChI=1S/C14H15NS/c1-10-6-3-4-9-13(10)16-14-11(2)7-5-8-12(14)15/h3-9H,15H2,1-2H3. The third-order valence-corrected chi connectivity index (χ3v) is 3.99. The quantitative estimate of drug-likeness (QED) is 0.787. The first kappa shape index (κ1) is 11.1. The summed E-state index contributed by atoms with van der Waals surface area (Å²) >= 11 is 1.74. The predicted octanol–water partition coefficient (Wildman–Crippen LogP) is 4.04. The number of hydrogen-bond donors (Lipinski definition) is 1. The molecule has 16 heavy (non-hydrogen) atoms. The van der Waals surface area contributed by atoms with Crippen molar-refractivity contribution >= 4 is 17.4 Å². The van der Waals surface area contributed by atoms with Crippen LogP contribution in [0.1, 0.15) is 11.1 Å². The third-order valence-electron chi connectivity index (χ3n) is 2.55. The minimum atomic E-state index is 0.855. The van der Waals surface area contributed by atoms with Crippen molar-refractivity contribution in [2.45, 2.75) is 23.6 Å². The highest BCUT2D eigenvalue weighted by atomic mass is 32.2. The molecule has 0 heterocycles. The predicted molar refractivity (Wildman–Crippen MR) is 70.9 cm³/mol. The normalized spacial score (nSPS) is 10.4. The molecule has 0 atom stereocenters. The van der Waals surface area contributed by atoms with Gasteiger partial charge < -0.3 is 5.73 Å². The molecule has 0 aliphatic rings. The van der Waals surface area contributed by atoms with Gasteiger partial charge in [-0.05, 0) is 37.1 Å². The van der Waals surface area contributed by atoms with E-state index in [4.69, 9.17) is 5.73 Å². The van der Waals surface area contributed by atoms with Crippen LogP contribution in [-0.4, -0.2) is 0 Å². The molecule has 0 radical (unpaired) electrons. The van der Waals surface area contributed by atoms with Gasteiger partial charge in [0.25, 0.3) is 0 Å². The molecule has 82 valence electrons. The average molecular weight is 229 g/mol. The van der Waals surface area contributed by atoms with Crippen LogP contribution in [0.2, 0.25) is 0 Å². The molecule has 2 rings (SSSR count). The van der Waals surface area contributed by atoms with Crippen molar-refractivity contribution in [3.8, 4) is 0 Å². The Labute approximate surface area is 101 Å². The van der Waals surface area contributed by atoms with E-state index < -0.39 is 0 Å². The lowest BCUT2D eigenvalue weighted by Gasteiger charge is -2.10. The van der Waals surface area contributed by atoms with Gasteiger partial charge in [0, 0.05) is 15.5 Å². The van der Waals surface area contributed by atoms with Gasteiger partial charge in [0.1, 0.15) is 0 Å². The van der Waals surface area contributed by atoms with E-state index in [0.29, 0.717) is 0 Å². The van der Waals surface area contributed by atoms with E-state index in [0.717, 1.165) is 10.6 Å². The number of aryl methyl sites for hydroxylation is 2. The second-order valence-corrected chi connectivity index (χ2v) is 4.91. The summed E-state index contributed by atoms with van der Waals surface area (Å²) in [6.45, 7) is 4.22. The van der Waals surface area contributed by atoms with Crippen molar-refractivity contribution < 1.29 is 0 Å². The second kappa shape index (κ2) is 4.62. The van der Waals surface area contributed by atoms with E-state index in [-0.39, 0.29) is 0 Å². The SMILES string of the molecule is Cc1ccccc1Sc1c(C)cccc1N. The zero-order valence-corrected chi connectivity index (χ0v) is 10.3. The molecule has 0 fully saturated rings. The summed E-state index contributed by atoms with van der Waals surface area (Å²) in [7, 11) is 0. The van der Waals surface area contributed by atoms with Crippen LogP contribution in [0.25, 0.3) is 0 Å². The molecule has 0 aromatic heterocycles. The van der Waals surface area contributed by atoms with E-state index in [9.17, 15) is 0 Å². The molecule has 2 heteroatoms. The van der Waals surface area contributed by atoms with Crippen LogP contribution in [0.15, 0.2) is 52.3 Å². The van der Waals surface area contributed by atoms with Crippen molar-refractivity contribution in [1.29, 1.82) is 0 Å². The van der Waals surface area contributed by atoms with Gasteiger partial charge in [-0.3, -0.25) is 0 Å². The van der Waals surface area contributed by atoms with Crippen LogP contribution in [0.5, 0.6) is 0 Å². The maximum Gasteiger partial charge on any atom is 0.0458 e. The van der Waals surface area contributed by atoms with E-state index in [1.807, 2.05) is 12.1 Å². The van der Waals surface area contributed by atoms with Gasteiger partial charge in [-0.15, -0.1) is 0 Å². The van der Waals surface area contributed by atoms with E-state index in [2.05, 4.69) is 44.2 Å². The smallest absolute Gasteiger partial charge is 0.0458 e. The Balaban J connectivity index is 2.38. The highest BCUT2D eigenvalue weighted by Crippen LogP contribution is 2.35. The number of benzene rings is 2. The van der Waals surface area contributed by atoms with Gasteiger partial charge in [-0.25, -0.2) is 0 Å². The number of rotatable bonds is 2. The molecule has 0 saturated carbocycles. The molecule has 2 aromatic rings. The van der Waals surface area contributed by atoms with E-state index >= 15 is 0 Å². The van der Waals surface area contributed by atoms with Crippen LogP contribution in [0.4, 0.5) is 5.69 Å². The molecular formula is C14H15NS. The van der Waals surface area contributed by atoms with Gasteiger partial charge >= 0.3 is 0 Å². The fourth-order valence-electron chi connectivity index (χ4n) is 1.60. The lowest BCUT2D eigenvalue weighted by Crippen LogP contribution is -1.91. The molecule has 0 aliphatic heterocycles. The Hall–Kier alpha value is -1.41. The van der Waals surface area contributed by atoms with Crippen LogP contribution in [-0.2, 0) is 0 Å². The minimum absolute atomic E-state index is 0.855. The summed E-state index contributed by atoms with van der Waals surface area (Å²) in [5.41, 5.74) is 9.37. The fraction of sp³-hybridized carbons (Fsp3) is 0.143. The molecule has 0 aliphatic carbocycles. The zero-order valence-electron chi connectivity index (χ0n) is 9.53. The Bertz CT molecular complexity index is 486. The molecule has 0 unspecified atom stereocenters. The summed E-state index contributed by atoms with van der Waals surface area (Å²) in [6.07, 6.45) is 0. The van der Waals surface area contributed by atoms with Crippen LogP contribution < -0.4 is 5.73 Å². The average Bonchev–Trinajstić information content (AvgIpc) is 2.26. The maximum absolute atomic E-state index is 6.00. The molecule has 1 nitrogen and oxygen atoms in total. The Morgan fingerprint density at radius 3 is 2.25 bits per heavy atom. The van der Waals surface area contributed by atoms with Gasteiger partial charge in [0.2, 0.25) is 0 Å².